The maximum absolute atomic E-state index is 12.6. The lowest BCUT2D eigenvalue weighted by Crippen LogP contribution is -2.53. The molecule has 3 amide bonds. The fourth-order valence-corrected chi connectivity index (χ4v) is 2.75. The third-order valence-corrected chi connectivity index (χ3v) is 4.08. The van der Waals surface area contributed by atoms with Gasteiger partial charge in [0.15, 0.2) is 0 Å². The van der Waals surface area contributed by atoms with Crippen LogP contribution in [0.4, 0.5) is 9.59 Å². The number of carbonyl (C=O) groups is 3. The van der Waals surface area contributed by atoms with E-state index in [4.69, 9.17) is 9.84 Å². The molecule has 0 radical (unpaired) electrons. The van der Waals surface area contributed by atoms with Crippen molar-refractivity contribution in [2.24, 2.45) is 5.92 Å². The van der Waals surface area contributed by atoms with Gasteiger partial charge < -0.3 is 24.5 Å². The SMILES string of the molecule is COC(=O)C(C(C)C)N(C)C(=O)N(C)[C@H]1CCN(C(=O)O)C1. The number of nitrogens with zero attached hydrogens (tertiary/aromatic N) is 3. The van der Waals surface area contributed by atoms with Crippen LogP contribution in [0.1, 0.15) is 20.3 Å². The lowest BCUT2D eigenvalue weighted by Gasteiger charge is -2.34. The molecule has 1 aliphatic rings. The number of carboxylic acid groups (broad SMARTS) is 1. The van der Waals surface area contributed by atoms with Crippen LogP contribution in [0.25, 0.3) is 0 Å². The molecule has 2 atom stereocenters. The molecule has 0 bridgehead atoms. The summed E-state index contributed by atoms with van der Waals surface area (Å²) < 4.78 is 4.76. The summed E-state index contributed by atoms with van der Waals surface area (Å²) in [4.78, 5) is 39.5. The number of likely N-dealkylation sites (tertiary alicyclic amines) is 1. The molecular weight excluding hydrogens is 290 g/mol. The third-order valence-electron chi connectivity index (χ3n) is 4.08. The molecule has 8 nitrogen and oxygen atoms in total. The predicted molar refractivity (Wildman–Crippen MR) is 79.6 cm³/mol. The lowest BCUT2D eigenvalue weighted by molar-refractivity contribution is -0.147. The number of esters is 1. The second-order valence-electron chi connectivity index (χ2n) is 5.89. The molecule has 126 valence electrons. The van der Waals surface area contributed by atoms with Gasteiger partial charge in [-0.25, -0.2) is 14.4 Å². The average Bonchev–Trinajstić information content (AvgIpc) is 2.95. The van der Waals surface area contributed by atoms with Crippen LogP contribution in [0.15, 0.2) is 0 Å². The molecule has 22 heavy (non-hydrogen) atoms. The Morgan fingerprint density at radius 1 is 1.27 bits per heavy atom. The highest BCUT2D eigenvalue weighted by Gasteiger charge is 2.36. The first-order valence-electron chi connectivity index (χ1n) is 7.26. The van der Waals surface area contributed by atoms with E-state index in [1.54, 1.807) is 14.1 Å². The van der Waals surface area contributed by atoms with Crippen LogP contribution >= 0.6 is 0 Å². The minimum atomic E-state index is -0.980. The lowest BCUT2D eigenvalue weighted by atomic mass is 10.0. The Hall–Kier alpha value is -1.99. The van der Waals surface area contributed by atoms with Gasteiger partial charge in [-0.15, -0.1) is 0 Å². The zero-order valence-corrected chi connectivity index (χ0v) is 13.8. The fourth-order valence-electron chi connectivity index (χ4n) is 2.75. The maximum atomic E-state index is 12.6. The van der Waals surface area contributed by atoms with Crippen molar-refractivity contribution in [3.63, 3.8) is 0 Å². The average molecular weight is 315 g/mol. The van der Waals surface area contributed by atoms with Crippen molar-refractivity contribution in [3.8, 4) is 0 Å². The van der Waals surface area contributed by atoms with E-state index in [0.717, 1.165) is 0 Å². The number of likely N-dealkylation sites (N-methyl/N-ethyl adjacent to an activating group) is 2. The molecule has 1 aliphatic heterocycles. The minimum Gasteiger partial charge on any atom is -0.467 e. The zero-order chi connectivity index (χ0) is 17.0. The molecule has 1 rings (SSSR count). The molecule has 1 N–H and O–H groups in total. The summed E-state index contributed by atoms with van der Waals surface area (Å²) in [5.74, 6) is -0.549. The first-order valence-corrected chi connectivity index (χ1v) is 7.26. The molecule has 1 fully saturated rings. The Morgan fingerprint density at radius 3 is 2.27 bits per heavy atom. The number of amides is 3. The first-order chi connectivity index (χ1) is 10.2. The van der Waals surface area contributed by atoms with Gasteiger partial charge in [0.1, 0.15) is 6.04 Å². The highest BCUT2D eigenvalue weighted by Crippen LogP contribution is 2.18. The summed E-state index contributed by atoms with van der Waals surface area (Å²) in [5, 5.41) is 8.98. The van der Waals surface area contributed by atoms with E-state index in [-0.39, 0.29) is 24.5 Å². The van der Waals surface area contributed by atoms with E-state index in [0.29, 0.717) is 13.0 Å². The van der Waals surface area contributed by atoms with Crippen molar-refractivity contribution in [2.45, 2.75) is 32.4 Å². The number of rotatable bonds is 4. The maximum Gasteiger partial charge on any atom is 0.407 e. The van der Waals surface area contributed by atoms with E-state index in [1.807, 2.05) is 13.8 Å². The highest BCUT2D eigenvalue weighted by molar-refractivity contribution is 5.83. The topological polar surface area (TPSA) is 90.4 Å². The number of methoxy groups -OCH3 is 1. The Balaban J connectivity index is 2.77. The monoisotopic (exact) mass is 315 g/mol. The van der Waals surface area contributed by atoms with Gasteiger partial charge in [-0.1, -0.05) is 13.8 Å². The van der Waals surface area contributed by atoms with Gasteiger partial charge in [0.05, 0.1) is 13.2 Å². The molecule has 0 aliphatic carbocycles. The normalized spacial score (nSPS) is 19.0. The molecule has 8 heteroatoms. The van der Waals surface area contributed by atoms with Crippen molar-refractivity contribution in [2.75, 3.05) is 34.3 Å². The number of ether oxygens (including phenoxy) is 1. The molecule has 0 aromatic carbocycles. The summed E-state index contributed by atoms with van der Waals surface area (Å²) >= 11 is 0. The molecule has 0 saturated carbocycles. The summed E-state index contributed by atoms with van der Waals surface area (Å²) in [6, 6.07) is -1.17. The van der Waals surface area contributed by atoms with E-state index >= 15 is 0 Å². The van der Waals surface area contributed by atoms with Crippen molar-refractivity contribution in [3.05, 3.63) is 0 Å². The van der Waals surface area contributed by atoms with Gasteiger partial charge in [0, 0.05) is 27.2 Å². The summed E-state index contributed by atoms with van der Waals surface area (Å²) in [7, 11) is 4.48. The molecule has 0 aromatic rings. The van der Waals surface area contributed by atoms with Gasteiger partial charge >= 0.3 is 18.1 Å². The van der Waals surface area contributed by atoms with Gasteiger partial charge in [-0.05, 0) is 12.3 Å². The van der Waals surface area contributed by atoms with Crippen molar-refractivity contribution >= 4 is 18.1 Å². The molecule has 0 aromatic heterocycles. The number of hydrogen-bond acceptors (Lipinski definition) is 4. The predicted octanol–water partition coefficient (Wildman–Crippen LogP) is 0.920. The number of carbonyl (C=O) groups excluding carboxylic acids is 2. The number of hydrogen-bond donors (Lipinski definition) is 1. The Morgan fingerprint density at radius 2 is 1.86 bits per heavy atom. The van der Waals surface area contributed by atoms with Crippen molar-refractivity contribution in [1.82, 2.24) is 14.7 Å². The molecular formula is C14H25N3O5. The zero-order valence-electron chi connectivity index (χ0n) is 13.8. The van der Waals surface area contributed by atoms with Crippen LogP contribution < -0.4 is 0 Å². The summed E-state index contributed by atoms with van der Waals surface area (Å²) in [6.07, 6.45) is -0.390. The largest absolute Gasteiger partial charge is 0.467 e. The van der Waals surface area contributed by atoms with Gasteiger partial charge in [0.25, 0.3) is 0 Å². The standard InChI is InChI=1S/C14H25N3O5/c1-9(2)11(12(18)22-5)16(4)13(19)15(3)10-6-7-17(8-10)14(20)21/h9-11H,6-8H2,1-5H3,(H,20,21)/t10-,11?/m0/s1. The van der Waals surface area contributed by atoms with Crippen LogP contribution in [0.3, 0.4) is 0 Å². The van der Waals surface area contributed by atoms with Crippen molar-refractivity contribution < 1.29 is 24.2 Å². The summed E-state index contributed by atoms with van der Waals surface area (Å²) in [6.45, 7) is 4.38. The number of urea groups is 1. The van der Waals surface area contributed by atoms with E-state index in [1.165, 1.54) is 21.8 Å². The third kappa shape index (κ3) is 3.80. The van der Waals surface area contributed by atoms with Gasteiger partial charge in [0.2, 0.25) is 0 Å². The van der Waals surface area contributed by atoms with Gasteiger partial charge in [-0.3, -0.25) is 0 Å². The van der Waals surface area contributed by atoms with Crippen LogP contribution in [0, 0.1) is 5.92 Å². The van der Waals surface area contributed by atoms with E-state index < -0.39 is 18.1 Å². The molecule has 0 spiro atoms. The van der Waals surface area contributed by atoms with Crippen LogP contribution in [0.5, 0.6) is 0 Å². The van der Waals surface area contributed by atoms with Crippen LogP contribution in [-0.2, 0) is 9.53 Å². The second kappa shape index (κ2) is 7.33. The molecule has 1 unspecified atom stereocenters. The Kier molecular flexibility index (Phi) is 6.01. The molecule has 1 saturated heterocycles. The van der Waals surface area contributed by atoms with E-state index in [9.17, 15) is 14.4 Å². The highest BCUT2D eigenvalue weighted by atomic mass is 16.5. The molecule has 1 heterocycles. The van der Waals surface area contributed by atoms with Gasteiger partial charge in [-0.2, -0.15) is 0 Å². The Labute approximate surface area is 130 Å². The minimum absolute atomic E-state index is 0.0890. The van der Waals surface area contributed by atoms with Crippen LogP contribution in [0.2, 0.25) is 0 Å². The van der Waals surface area contributed by atoms with Crippen LogP contribution in [-0.4, -0.2) is 84.3 Å². The quantitative estimate of drug-likeness (QED) is 0.779. The Bertz CT molecular complexity index is 440. The first kappa shape index (κ1) is 18.1. The van der Waals surface area contributed by atoms with E-state index in [2.05, 4.69) is 0 Å². The van der Waals surface area contributed by atoms with Crippen molar-refractivity contribution in [1.29, 1.82) is 0 Å². The fraction of sp³-hybridized carbons (Fsp3) is 0.786. The summed E-state index contributed by atoms with van der Waals surface area (Å²) in [5.41, 5.74) is 0. The smallest absolute Gasteiger partial charge is 0.407 e. The second-order valence-corrected chi connectivity index (χ2v) is 5.89.